The van der Waals surface area contributed by atoms with Crippen LogP contribution in [-0.4, -0.2) is 23.6 Å². The van der Waals surface area contributed by atoms with Gasteiger partial charge in [-0.3, -0.25) is 4.79 Å². The number of carboxylic acids is 1. The summed E-state index contributed by atoms with van der Waals surface area (Å²) in [6.07, 6.45) is 6.40. The summed E-state index contributed by atoms with van der Waals surface area (Å²) in [7, 11) is 0. The number of carboxylic acid groups (broad SMARTS) is 1. The monoisotopic (exact) mass is 367 g/mol. The first-order valence-corrected chi connectivity index (χ1v) is 9.39. The van der Waals surface area contributed by atoms with Crippen molar-refractivity contribution in [2.24, 2.45) is 0 Å². The Morgan fingerprint density at radius 3 is 2.44 bits per heavy atom. The van der Waals surface area contributed by atoms with Crippen molar-refractivity contribution < 1.29 is 19.4 Å². The molecule has 1 amide bonds. The van der Waals surface area contributed by atoms with E-state index in [1.165, 1.54) is 43.7 Å². The van der Waals surface area contributed by atoms with Gasteiger partial charge in [-0.05, 0) is 55.5 Å². The molecule has 0 aliphatic heterocycles. The molecule has 5 heteroatoms. The normalized spacial score (nSPS) is 14.6. The Bertz CT molecular complexity index is 808. The molecular weight excluding hydrogens is 342 g/mol. The lowest BCUT2D eigenvalue weighted by atomic mass is 9.84. The smallest absolute Gasteiger partial charge is 0.337 e. The first-order valence-electron chi connectivity index (χ1n) is 9.39. The van der Waals surface area contributed by atoms with Crippen LogP contribution in [0.15, 0.2) is 42.5 Å². The van der Waals surface area contributed by atoms with Crippen LogP contribution in [0.2, 0.25) is 0 Å². The van der Waals surface area contributed by atoms with Crippen molar-refractivity contribution in [2.75, 3.05) is 11.9 Å². The number of aromatic carboxylic acids is 1. The Hall–Kier alpha value is -2.82. The molecule has 27 heavy (non-hydrogen) atoms. The van der Waals surface area contributed by atoms with Crippen LogP contribution in [0.25, 0.3) is 0 Å². The third-order valence-corrected chi connectivity index (χ3v) is 5.01. The highest BCUT2D eigenvalue weighted by Crippen LogP contribution is 2.33. The highest BCUT2D eigenvalue weighted by Gasteiger charge is 2.16. The fourth-order valence-corrected chi connectivity index (χ4v) is 3.55. The summed E-state index contributed by atoms with van der Waals surface area (Å²) in [5, 5.41) is 11.9. The van der Waals surface area contributed by atoms with Crippen LogP contribution in [0.3, 0.4) is 0 Å². The fraction of sp³-hybridized carbons (Fsp3) is 0.364. The van der Waals surface area contributed by atoms with E-state index in [1.807, 2.05) is 12.1 Å². The Morgan fingerprint density at radius 2 is 1.78 bits per heavy atom. The van der Waals surface area contributed by atoms with Crippen molar-refractivity contribution >= 4 is 17.6 Å². The molecular formula is C22H25NO4. The van der Waals surface area contributed by atoms with E-state index in [9.17, 15) is 14.7 Å². The lowest BCUT2D eigenvalue weighted by Crippen LogP contribution is -2.21. The van der Waals surface area contributed by atoms with E-state index in [0.717, 1.165) is 5.56 Å². The molecule has 0 saturated heterocycles. The van der Waals surface area contributed by atoms with E-state index < -0.39 is 11.9 Å². The molecule has 2 aromatic rings. The Labute approximate surface area is 159 Å². The van der Waals surface area contributed by atoms with Gasteiger partial charge in [-0.2, -0.15) is 0 Å². The van der Waals surface area contributed by atoms with Gasteiger partial charge in [-0.25, -0.2) is 4.79 Å². The molecule has 0 atom stereocenters. The first-order chi connectivity index (χ1) is 13.0. The second kappa shape index (κ2) is 8.71. The fourth-order valence-electron chi connectivity index (χ4n) is 3.55. The molecule has 1 saturated carbocycles. The predicted octanol–water partition coefficient (Wildman–Crippen LogP) is 4.76. The molecule has 0 aromatic heterocycles. The Balaban J connectivity index is 1.55. The molecule has 3 rings (SSSR count). The molecule has 2 N–H and O–H groups in total. The number of rotatable bonds is 6. The van der Waals surface area contributed by atoms with Gasteiger partial charge in [0.05, 0.1) is 11.3 Å². The molecule has 142 valence electrons. The third-order valence-electron chi connectivity index (χ3n) is 5.01. The number of hydrogen-bond acceptors (Lipinski definition) is 3. The number of ether oxygens (including phenoxy) is 1. The number of carbonyl (C=O) groups is 2. The van der Waals surface area contributed by atoms with Crippen molar-refractivity contribution in [3.05, 3.63) is 59.2 Å². The van der Waals surface area contributed by atoms with Gasteiger partial charge in [0.1, 0.15) is 5.75 Å². The molecule has 0 spiro atoms. The number of hydrogen-bond donors (Lipinski definition) is 2. The third kappa shape index (κ3) is 5.09. The summed E-state index contributed by atoms with van der Waals surface area (Å²) in [4.78, 5) is 23.4. The van der Waals surface area contributed by atoms with Crippen LogP contribution in [0, 0.1) is 6.92 Å². The SMILES string of the molecule is Cc1ccc(NC(=O)COc2ccc(C3CCCCC3)cc2)c(C(=O)O)c1. The van der Waals surface area contributed by atoms with E-state index in [0.29, 0.717) is 11.7 Å². The molecule has 0 unspecified atom stereocenters. The van der Waals surface area contributed by atoms with Gasteiger partial charge in [0.15, 0.2) is 6.61 Å². The van der Waals surface area contributed by atoms with Gasteiger partial charge in [-0.15, -0.1) is 0 Å². The maximum atomic E-state index is 12.1. The maximum absolute atomic E-state index is 12.1. The average Bonchev–Trinajstić information content (AvgIpc) is 2.69. The van der Waals surface area contributed by atoms with Gasteiger partial charge in [0.2, 0.25) is 0 Å². The molecule has 1 fully saturated rings. The van der Waals surface area contributed by atoms with E-state index in [4.69, 9.17) is 4.74 Å². The predicted molar refractivity (Wildman–Crippen MR) is 105 cm³/mol. The minimum Gasteiger partial charge on any atom is -0.484 e. The summed E-state index contributed by atoms with van der Waals surface area (Å²) in [5.41, 5.74) is 2.49. The lowest BCUT2D eigenvalue weighted by Gasteiger charge is -2.22. The number of aryl methyl sites for hydroxylation is 1. The van der Waals surface area contributed by atoms with E-state index >= 15 is 0 Å². The Kier molecular flexibility index (Phi) is 6.12. The molecule has 0 bridgehead atoms. The van der Waals surface area contributed by atoms with Crippen molar-refractivity contribution in [1.82, 2.24) is 0 Å². The van der Waals surface area contributed by atoms with E-state index in [2.05, 4.69) is 17.4 Å². The zero-order valence-corrected chi connectivity index (χ0v) is 15.5. The van der Waals surface area contributed by atoms with Gasteiger partial charge in [-0.1, -0.05) is 43.0 Å². The first kappa shape index (κ1) is 19.0. The highest BCUT2D eigenvalue weighted by molar-refractivity contribution is 6.01. The average molecular weight is 367 g/mol. The van der Waals surface area contributed by atoms with Gasteiger partial charge < -0.3 is 15.2 Å². The molecule has 1 aliphatic rings. The van der Waals surface area contributed by atoms with Crippen molar-refractivity contribution in [3.8, 4) is 5.75 Å². The van der Waals surface area contributed by atoms with E-state index in [-0.39, 0.29) is 17.9 Å². The molecule has 1 aliphatic carbocycles. The van der Waals surface area contributed by atoms with Crippen LogP contribution in [-0.2, 0) is 4.79 Å². The highest BCUT2D eigenvalue weighted by atomic mass is 16.5. The summed E-state index contributed by atoms with van der Waals surface area (Å²) in [6, 6.07) is 12.8. The maximum Gasteiger partial charge on any atom is 0.337 e. The second-order valence-corrected chi connectivity index (χ2v) is 7.10. The molecule has 5 nitrogen and oxygen atoms in total. The number of anilines is 1. The largest absolute Gasteiger partial charge is 0.484 e. The number of nitrogens with one attached hydrogen (secondary N) is 1. The zero-order valence-electron chi connectivity index (χ0n) is 15.5. The van der Waals surface area contributed by atoms with Crippen LogP contribution >= 0.6 is 0 Å². The van der Waals surface area contributed by atoms with Crippen molar-refractivity contribution in [2.45, 2.75) is 44.9 Å². The molecule has 0 radical (unpaired) electrons. The van der Waals surface area contributed by atoms with Gasteiger partial charge in [0.25, 0.3) is 5.91 Å². The van der Waals surface area contributed by atoms with Crippen LogP contribution in [0.4, 0.5) is 5.69 Å². The number of amides is 1. The van der Waals surface area contributed by atoms with Crippen LogP contribution < -0.4 is 10.1 Å². The lowest BCUT2D eigenvalue weighted by molar-refractivity contribution is -0.118. The minimum absolute atomic E-state index is 0.0696. The minimum atomic E-state index is -1.08. The molecule has 0 heterocycles. The van der Waals surface area contributed by atoms with Crippen molar-refractivity contribution in [3.63, 3.8) is 0 Å². The summed E-state index contributed by atoms with van der Waals surface area (Å²) in [5.74, 6) is -0.204. The summed E-state index contributed by atoms with van der Waals surface area (Å²) >= 11 is 0. The molecule has 2 aromatic carbocycles. The standard InChI is InChI=1S/C22H25NO4/c1-15-7-12-20(19(13-15)22(25)26)23-21(24)14-27-18-10-8-17(9-11-18)16-5-3-2-4-6-16/h7-13,16H,2-6,14H2,1H3,(H,23,24)(H,25,26). The number of benzene rings is 2. The van der Waals surface area contributed by atoms with E-state index in [1.54, 1.807) is 19.1 Å². The number of carbonyl (C=O) groups excluding carboxylic acids is 1. The van der Waals surface area contributed by atoms with Gasteiger partial charge in [0, 0.05) is 0 Å². The Morgan fingerprint density at radius 1 is 1.07 bits per heavy atom. The topological polar surface area (TPSA) is 75.6 Å². The quantitative estimate of drug-likeness (QED) is 0.772. The summed E-state index contributed by atoms with van der Waals surface area (Å²) < 4.78 is 5.55. The van der Waals surface area contributed by atoms with Gasteiger partial charge >= 0.3 is 5.97 Å². The van der Waals surface area contributed by atoms with Crippen molar-refractivity contribution in [1.29, 1.82) is 0 Å². The van der Waals surface area contributed by atoms with Crippen LogP contribution in [0.1, 0.15) is 59.5 Å². The summed E-state index contributed by atoms with van der Waals surface area (Å²) in [6.45, 7) is 1.63. The van der Waals surface area contributed by atoms with Crippen LogP contribution in [0.5, 0.6) is 5.75 Å². The second-order valence-electron chi connectivity index (χ2n) is 7.10. The zero-order chi connectivity index (χ0) is 19.2.